The van der Waals surface area contributed by atoms with Crippen LogP contribution in [0.5, 0.6) is 0 Å². The van der Waals surface area contributed by atoms with Crippen molar-refractivity contribution in [2.24, 2.45) is 5.92 Å². The number of hydrogen-bond donors (Lipinski definition) is 1. The van der Waals surface area contributed by atoms with E-state index in [1.165, 1.54) is 6.42 Å². The SMILES string of the molecule is Cc1cccc(CN(C)[C@]2(CO)CC[C@H](C)C2)n1. The maximum atomic E-state index is 9.78. The number of aliphatic hydroxyl groups is 1. The number of pyridine rings is 1. The Morgan fingerprint density at radius 1 is 1.50 bits per heavy atom. The predicted octanol–water partition coefficient (Wildman–Crippen LogP) is 2.37. The van der Waals surface area contributed by atoms with E-state index in [4.69, 9.17) is 0 Å². The highest BCUT2D eigenvalue weighted by Gasteiger charge is 2.40. The van der Waals surface area contributed by atoms with E-state index in [2.05, 4.69) is 29.9 Å². The summed E-state index contributed by atoms with van der Waals surface area (Å²) in [6.45, 7) is 5.35. The van der Waals surface area contributed by atoms with Gasteiger partial charge in [-0.15, -0.1) is 0 Å². The second kappa shape index (κ2) is 5.37. The molecule has 1 aliphatic carbocycles. The topological polar surface area (TPSA) is 36.4 Å². The van der Waals surface area contributed by atoms with Crippen molar-refractivity contribution >= 4 is 0 Å². The molecule has 18 heavy (non-hydrogen) atoms. The Morgan fingerprint density at radius 3 is 2.83 bits per heavy atom. The zero-order valence-electron chi connectivity index (χ0n) is 11.7. The van der Waals surface area contributed by atoms with Crippen molar-refractivity contribution in [3.05, 3.63) is 29.6 Å². The molecule has 3 heteroatoms. The van der Waals surface area contributed by atoms with Crippen LogP contribution in [-0.4, -0.2) is 34.2 Å². The van der Waals surface area contributed by atoms with Crippen molar-refractivity contribution in [3.8, 4) is 0 Å². The Kier molecular flexibility index (Phi) is 4.03. The fourth-order valence-electron chi connectivity index (χ4n) is 3.08. The third-order valence-corrected chi connectivity index (χ3v) is 4.28. The summed E-state index contributed by atoms with van der Waals surface area (Å²) >= 11 is 0. The Hall–Kier alpha value is -0.930. The molecule has 3 nitrogen and oxygen atoms in total. The van der Waals surface area contributed by atoms with E-state index in [-0.39, 0.29) is 12.1 Å². The molecule has 0 amide bonds. The lowest BCUT2D eigenvalue weighted by Gasteiger charge is -2.37. The van der Waals surface area contributed by atoms with Gasteiger partial charge < -0.3 is 5.11 Å². The van der Waals surface area contributed by atoms with Gasteiger partial charge >= 0.3 is 0 Å². The van der Waals surface area contributed by atoms with Gasteiger partial charge in [0.05, 0.1) is 12.3 Å². The molecule has 0 radical (unpaired) electrons. The average molecular weight is 248 g/mol. The molecule has 1 heterocycles. The van der Waals surface area contributed by atoms with Gasteiger partial charge in [0.15, 0.2) is 0 Å². The number of aromatic nitrogens is 1. The van der Waals surface area contributed by atoms with Crippen molar-refractivity contribution in [2.45, 2.75) is 45.2 Å². The van der Waals surface area contributed by atoms with Gasteiger partial charge in [-0.3, -0.25) is 9.88 Å². The lowest BCUT2D eigenvalue weighted by atomic mass is 9.95. The highest BCUT2D eigenvalue weighted by atomic mass is 16.3. The Labute approximate surface area is 110 Å². The zero-order valence-corrected chi connectivity index (χ0v) is 11.7. The molecule has 0 aliphatic heterocycles. The minimum absolute atomic E-state index is 0.0369. The number of rotatable bonds is 4. The molecule has 2 rings (SSSR count). The molecule has 0 aromatic carbocycles. The Bertz CT molecular complexity index is 407. The van der Waals surface area contributed by atoms with Crippen LogP contribution < -0.4 is 0 Å². The summed E-state index contributed by atoms with van der Waals surface area (Å²) in [5, 5.41) is 9.78. The summed E-state index contributed by atoms with van der Waals surface area (Å²) in [5.41, 5.74) is 2.11. The lowest BCUT2D eigenvalue weighted by molar-refractivity contribution is 0.0448. The predicted molar refractivity (Wildman–Crippen MR) is 73.3 cm³/mol. The van der Waals surface area contributed by atoms with Gasteiger partial charge in [0.2, 0.25) is 0 Å². The summed E-state index contributed by atoms with van der Waals surface area (Å²) in [7, 11) is 2.11. The number of aliphatic hydroxyl groups excluding tert-OH is 1. The molecular formula is C15H24N2O. The second-order valence-electron chi connectivity index (χ2n) is 5.86. The molecule has 0 saturated heterocycles. The van der Waals surface area contributed by atoms with Crippen molar-refractivity contribution in [3.63, 3.8) is 0 Å². The first kappa shape index (κ1) is 13.5. The van der Waals surface area contributed by atoms with Crippen LogP contribution in [0, 0.1) is 12.8 Å². The van der Waals surface area contributed by atoms with Gasteiger partial charge in [0, 0.05) is 17.8 Å². The van der Waals surface area contributed by atoms with Gasteiger partial charge in [-0.05, 0) is 51.3 Å². The van der Waals surface area contributed by atoms with E-state index >= 15 is 0 Å². The van der Waals surface area contributed by atoms with Crippen molar-refractivity contribution < 1.29 is 5.11 Å². The van der Waals surface area contributed by atoms with Crippen LogP contribution in [0.2, 0.25) is 0 Å². The monoisotopic (exact) mass is 248 g/mol. The minimum atomic E-state index is -0.0369. The van der Waals surface area contributed by atoms with Crippen molar-refractivity contribution in [2.75, 3.05) is 13.7 Å². The molecule has 2 atom stereocenters. The Morgan fingerprint density at radius 2 is 2.28 bits per heavy atom. The first-order valence-electron chi connectivity index (χ1n) is 6.80. The van der Waals surface area contributed by atoms with E-state index in [0.29, 0.717) is 5.92 Å². The van der Waals surface area contributed by atoms with Crippen molar-refractivity contribution in [1.82, 2.24) is 9.88 Å². The molecule has 0 bridgehead atoms. The third-order valence-electron chi connectivity index (χ3n) is 4.28. The lowest BCUT2D eigenvalue weighted by Crippen LogP contribution is -2.47. The molecule has 1 aliphatic rings. The maximum Gasteiger partial charge on any atom is 0.0615 e. The van der Waals surface area contributed by atoms with E-state index in [9.17, 15) is 5.11 Å². The van der Waals surface area contributed by atoms with Crippen LogP contribution in [0.3, 0.4) is 0 Å². The maximum absolute atomic E-state index is 9.78. The average Bonchev–Trinajstić information content (AvgIpc) is 2.72. The molecule has 1 aromatic heterocycles. The molecule has 100 valence electrons. The van der Waals surface area contributed by atoms with Gasteiger partial charge in [-0.25, -0.2) is 0 Å². The summed E-state index contributed by atoms with van der Waals surface area (Å²) in [6.07, 6.45) is 3.39. The summed E-state index contributed by atoms with van der Waals surface area (Å²) < 4.78 is 0. The van der Waals surface area contributed by atoms with Crippen LogP contribution in [0.25, 0.3) is 0 Å². The normalized spacial score (nSPS) is 27.9. The highest BCUT2D eigenvalue weighted by molar-refractivity contribution is 5.10. The fourth-order valence-corrected chi connectivity index (χ4v) is 3.08. The van der Waals surface area contributed by atoms with Crippen LogP contribution in [0.1, 0.15) is 37.6 Å². The fraction of sp³-hybridized carbons (Fsp3) is 0.667. The molecule has 0 spiro atoms. The van der Waals surface area contributed by atoms with E-state index < -0.39 is 0 Å². The third kappa shape index (κ3) is 2.73. The minimum Gasteiger partial charge on any atom is -0.394 e. The summed E-state index contributed by atoms with van der Waals surface area (Å²) in [4.78, 5) is 6.84. The smallest absolute Gasteiger partial charge is 0.0615 e. The van der Waals surface area contributed by atoms with E-state index in [1.54, 1.807) is 0 Å². The first-order chi connectivity index (χ1) is 8.55. The number of nitrogens with zero attached hydrogens (tertiary/aromatic N) is 2. The zero-order chi connectivity index (χ0) is 13.2. The van der Waals surface area contributed by atoms with Gasteiger partial charge in [-0.1, -0.05) is 13.0 Å². The quantitative estimate of drug-likeness (QED) is 0.888. The molecule has 1 N–H and O–H groups in total. The Balaban J connectivity index is 2.09. The molecular weight excluding hydrogens is 224 g/mol. The number of aryl methyl sites for hydroxylation is 1. The number of hydrogen-bond acceptors (Lipinski definition) is 3. The number of likely N-dealkylation sites (N-methyl/N-ethyl adjacent to an activating group) is 1. The first-order valence-corrected chi connectivity index (χ1v) is 6.80. The van der Waals surface area contributed by atoms with Gasteiger partial charge in [0.25, 0.3) is 0 Å². The van der Waals surface area contributed by atoms with Gasteiger partial charge in [-0.2, -0.15) is 0 Å². The molecule has 1 fully saturated rings. The molecule has 0 unspecified atom stereocenters. The van der Waals surface area contributed by atoms with E-state index in [1.807, 2.05) is 19.1 Å². The molecule has 1 saturated carbocycles. The highest BCUT2D eigenvalue weighted by Crippen LogP contribution is 2.38. The van der Waals surface area contributed by atoms with Crippen LogP contribution in [0.4, 0.5) is 0 Å². The van der Waals surface area contributed by atoms with Crippen molar-refractivity contribution in [1.29, 1.82) is 0 Å². The largest absolute Gasteiger partial charge is 0.394 e. The standard InChI is InChI=1S/C15H24N2O/c1-12-7-8-15(9-12,11-18)17(3)10-14-6-4-5-13(2)16-14/h4-6,12,18H,7-11H2,1-3H3/t12-,15+/m0/s1. The molecule has 1 aromatic rings. The van der Waals surface area contributed by atoms with Crippen LogP contribution in [-0.2, 0) is 6.54 Å². The summed E-state index contributed by atoms with van der Waals surface area (Å²) in [6, 6.07) is 6.13. The second-order valence-corrected chi connectivity index (χ2v) is 5.86. The summed E-state index contributed by atoms with van der Waals surface area (Å²) in [5.74, 6) is 0.713. The van der Waals surface area contributed by atoms with Gasteiger partial charge in [0.1, 0.15) is 0 Å². The van der Waals surface area contributed by atoms with E-state index in [0.717, 1.165) is 30.8 Å². The van der Waals surface area contributed by atoms with Crippen LogP contribution >= 0.6 is 0 Å². The van der Waals surface area contributed by atoms with Crippen LogP contribution in [0.15, 0.2) is 18.2 Å².